The van der Waals surface area contributed by atoms with Gasteiger partial charge in [0.15, 0.2) is 0 Å². The Hall–Kier alpha value is -3.33. The van der Waals surface area contributed by atoms with Crippen LogP contribution < -0.4 is 9.64 Å². The van der Waals surface area contributed by atoms with Crippen molar-refractivity contribution < 1.29 is 19.1 Å². The number of rotatable bonds is 6. The summed E-state index contributed by atoms with van der Waals surface area (Å²) in [5, 5.41) is 0. The summed E-state index contributed by atoms with van der Waals surface area (Å²) in [4.78, 5) is 52.2. The van der Waals surface area contributed by atoms with Gasteiger partial charge in [-0.1, -0.05) is 18.9 Å². The van der Waals surface area contributed by atoms with Crippen LogP contribution >= 0.6 is 0 Å². The third kappa shape index (κ3) is 5.26. The summed E-state index contributed by atoms with van der Waals surface area (Å²) < 4.78 is 5.47. The zero-order valence-electron chi connectivity index (χ0n) is 20.8. The number of aromatic nitrogens is 2. The van der Waals surface area contributed by atoms with Gasteiger partial charge in [-0.3, -0.25) is 19.5 Å². The van der Waals surface area contributed by atoms with Gasteiger partial charge in [0.2, 0.25) is 17.7 Å². The van der Waals surface area contributed by atoms with Crippen molar-refractivity contribution in [3.63, 3.8) is 0 Å². The van der Waals surface area contributed by atoms with Crippen LogP contribution in [0.1, 0.15) is 43.5 Å². The molecule has 3 amide bonds. The second kappa shape index (κ2) is 10.7. The van der Waals surface area contributed by atoms with E-state index >= 15 is 0 Å². The number of anilines is 1. The number of ether oxygens (including phenoxy) is 1. The maximum absolute atomic E-state index is 12.8. The number of carbonyl (C=O) groups excluding carboxylic acids is 3. The Balaban J connectivity index is 1.08. The Morgan fingerprint density at radius 1 is 1.00 bits per heavy atom. The summed E-state index contributed by atoms with van der Waals surface area (Å²) in [7, 11) is 0. The molecule has 2 aromatic heterocycles. The number of imide groups is 1. The number of hydrogen-bond acceptors (Lipinski definition) is 7. The third-order valence-electron chi connectivity index (χ3n) is 7.50. The molecule has 9 heteroatoms. The summed E-state index contributed by atoms with van der Waals surface area (Å²) in [6.07, 6.45) is 6.50. The molecule has 1 saturated carbocycles. The Morgan fingerprint density at radius 3 is 2.36 bits per heavy atom. The molecule has 0 bridgehead atoms. The Labute approximate surface area is 211 Å². The zero-order chi connectivity index (χ0) is 25.1. The van der Waals surface area contributed by atoms with Gasteiger partial charge in [-0.25, -0.2) is 14.7 Å². The van der Waals surface area contributed by atoms with Crippen molar-refractivity contribution in [1.82, 2.24) is 19.8 Å². The van der Waals surface area contributed by atoms with Crippen LogP contribution in [0.2, 0.25) is 0 Å². The van der Waals surface area contributed by atoms with Gasteiger partial charge in [0.1, 0.15) is 0 Å². The first-order chi connectivity index (χ1) is 17.5. The summed E-state index contributed by atoms with van der Waals surface area (Å²) in [6, 6.07) is 9.29. The number of carbonyl (C=O) groups is 3. The number of hydrogen-bond donors (Lipinski definition) is 0. The molecule has 9 nitrogen and oxygen atoms in total. The van der Waals surface area contributed by atoms with E-state index in [1.165, 1.54) is 11.1 Å². The quantitative estimate of drug-likeness (QED) is 0.573. The average molecular weight is 492 g/mol. The highest BCUT2D eigenvalue weighted by Gasteiger charge is 2.48. The highest BCUT2D eigenvalue weighted by Crippen LogP contribution is 2.40. The highest BCUT2D eigenvalue weighted by molar-refractivity contribution is 6.22. The van der Waals surface area contributed by atoms with E-state index in [1.807, 2.05) is 19.1 Å². The molecule has 190 valence electrons. The van der Waals surface area contributed by atoms with E-state index in [0.717, 1.165) is 69.5 Å². The van der Waals surface area contributed by atoms with Crippen LogP contribution in [0.4, 0.5) is 10.5 Å². The maximum atomic E-state index is 12.8. The van der Waals surface area contributed by atoms with Crippen molar-refractivity contribution in [3.05, 3.63) is 47.9 Å². The van der Waals surface area contributed by atoms with Crippen LogP contribution in [0.3, 0.4) is 0 Å². The van der Waals surface area contributed by atoms with Crippen LogP contribution in [-0.4, -0.2) is 70.4 Å². The molecule has 5 rings (SSSR count). The molecule has 0 spiro atoms. The number of pyridine rings is 2. The predicted octanol–water partition coefficient (Wildman–Crippen LogP) is 3.21. The lowest BCUT2D eigenvalue weighted by atomic mass is 9.81. The molecule has 36 heavy (non-hydrogen) atoms. The molecule has 2 unspecified atom stereocenters. The lowest BCUT2D eigenvalue weighted by molar-refractivity contribution is -0.122. The van der Waals surface area contributed by atoms with E-state index in [1.54, 1.807) is 17.0 Å². The van der Waals surface area contributed by atoms with Gasteiger partial charge in [-0.15, -0.1) is 0 Å². The van der Waals surface area contributed by atoms with Crippen molar-refractivity contribution >= 4 is 23.6 Å². The van der Waals surface area contributed by atoms with Crippen molar-refractivity contribution in [3.8, 4) is 5.88 Å². The minimum Gasteiger partial charge on any atom is -0.391 e. The average Bonchev–Trinajstić information content (AvgIpc) is 3.15. The molecular formula is C27H33N5O4. The molecule has 0 radical (unpaired) electrons. The lowest BCUT2D eigenvalue weighted by Gasteiger charge is -2.33. The predicted molar refractivity (Wildman–Crippen MR) is 134 cm³/mol. The van der Waals surface area contributed by atoms with E-state index in [2.05, 4.69) is 20.9 Å². The third-order valence-corrected chi connectivity index (χ3v) is 7.50. The van der Waals surface area contributed by atoms with Crippen LogP contribution in [-0.2, 0) is 16.0 Å². The largest absolute Gasteiger partial charge is 0.416 e. The molecular weight excluding hydrogens is 458 g/mol. The molecule has 1 aliphatic carbocycles. The fourth-order valence-corrected chi connectivity index (χ4v) is 5.51. The number of nitrogens with zero attached hydrogens (tertiary/aromatic N) is 5. The first-order valence-electron chi connectivity index (χ1n) is 12.9. The second-order valence-electron chi connectivity index (χ2n) is 9.93. The van der Waals surface area contributed by atoms with Gasteiger partial charge in [0.05, 0.1) is 23.7 Å². The minimum absolute atomic E-state index is 0.135. The summed E-state index contributed by atoms with van der Waals surface area (Å²) >= 11 is 0. The Kier molecular flexibility index (Phi) is 7.27. The van der Waals surface area contributed by atoms with Crippen molar-refractivity contribution in [1.29, 1.82) is 0 Å². The van der Waals surface area contributed by atoms with Crippen molar-refractivity contribution in [2.75, 3.05) is 37.6 Å². The van der Waals surface area contributed by atoms with Crippen molar-refractivity contribution in [2.45, 2.75) is 45.4 Å². The Morgan fingerprint density at radius 2 is 1.72 bits per heavy atom. The minimum atomic E-state index is -0.432. The fraction of sp³-hybridized carbons (Fsp3) is 0.519. The number of piperazine rings is 1. The molecule has 0 aromatic carbocycles. The van der Waals surface area contributed by atoms with Crippen LogP contribution in [0.5, 0.6) is 5.88 Å². The number of fused-ring (bicyclic) bond motifs is 1. The summed E-state index contributed by atoms with van der Waals surface area (Å²) in [5.41, 5.74) is 2.60. The van der Waals surface area contributed by atoms with Crippen LogP contribution in [0, 0.1) is 18.8 Å². The number of aryl methyl sites for hydroxylation is 2. The van der Waals surface area contributed by atoms with E-state index in [4.69, 9.17) is 4.74 Å². The van der Waals surface area contributed by atoms with Gasteiger partial charge < -0.3 is 9.64 Å². The normalized spacial score (nSPS) is 22.6. The SMILES string of the molecule is Cc1cccc(CCCN2CCN(C(=O)Oc3ccc(N4C(=O)C5CCCCC5C4=O)cn3)CC2)n1. The first-order valence-corrected chi connectivity index (χ1v) is 12.9. The molecule has 2 saturated heterocycles. The van der Waals surface area contributed by atoms with Crippen LogP contribution in [0.25, 0.3) is 0 Å². The van der Waals surface area contributed by atoms with Crippen LogP contribution in [0.15, 0.2) is 36.5 Å². The molecule has 2 aromatic rings. The van der Waals surface area contributed by atoms with E-state index in [-0.39, 0.29) is 29.5 Å². The second-order valence-corrected chi connectivity index (χ2v) is 9.93. The standard InChI is InChI=1S/C27H33N5O4/c1-19-6-4-7-20(29-19)8-5-13-30-14-16-31(17-15-30)27(35)36-24-12-11-21(18-28-24)32-25(33)22-9-2-3-10-23(22)26(32)34/h4,6-7,11-12,18,22-23H,2-3,5,8-10,13-17H2,1H3. The summed E-state index contributed by atoms with van der Waals surface area (Å²) in [6.45, 7) is 5.76. The van der Waals surface area contributed by atoms with E-state index in [0.29, 0.717) is 18.8 Å². The van der Waals surface area contributed by atoms with Crippen molar-refractivity contribution in [2.24, 2.45) is 11.8 Å². The first kappa shape index (κ1) is 24.4. The number of amides is 3. The van der Waals surface area contributed by atoms with Gasteiger partial charge in [0.25, 0.3) is 0 Å². The molecule has 3 fully saturated rings. The van der Waals surface area contributed by atoms with Gasteiger partial charge >= 0.3 is 6.09 Å². The van der Waals surface area contributed by atoms with Gasteiger partial charge in [-0.2, -0.15) is 0 Å². The zero-order valence-corrected chi connectivity index (χ0v) is 20.8. The molecule has 0 N–H and O–H groups in total. The smallest absolute Gasteiger partial charge is 0.391 e. The lowest BCUT2D eigenvalue weighted by Crippen LogP contribution is -2.49. The van der Waals surface area contributed by atoms with Gasteiger partial charge in [0, 0.05) is 43.6 Å². The molecule has 2 atom stereocenters. The molecule has 3 aliphatic rings. The fourth-order valence-electron chi connectivity index (χ4n) is 5.51. The highest BCUT2D eigenvalue weighted by atomic mass is 16.6. The van der Waals surface area contributed by atoms with Gasteiger partial charge in [-0.05, 0) is 57.4 Å². The molecule has 4 heterocycles. The monoisotopic (exact) mass is 491 g/mol. The topological polar surface area (TPSA) is 95.9 Å². The summed E-state index contributed by atoms with van der Waals surface area (Å²) in [5.74, 6) is -0.523. The maximum Gasteiger partial charge on any atom is 0.416 e. The molecule has 2 aliphatic heterocycles. The van der Waals surface area contributed by atoms with E-state index in [9.17, 15) is 14.4 Å². The Bertz CT molecular complexity index is 1090. The van der Waals surface area contributed by atoms with E-state index < -0.39 is 6.09 Å².